The van der Waals surface area contributed by atoms with Gasteiger partial charge in [-0.1, -0.05) is 6.07 Å². The van der Waals surface area contributed by atoms with Crippen LogP contribution in [0, 0.1) is 0 Å². The zero-order valence-corrected chi connectivity index (χ0v) is 17.2. The van der Waals surface area contributed by atoms with E-state index >= 15 is 0 Å². The van der Waals surface area contributed by atoms with E-state index in [1.165, 1.54) is 0 Å². The minimum absolute atomic E-state index is 0.0617. The number of nitrogens with one attached hydrogen (secondary N) is 2. The fourth-order valence-corrected chi connectivity index (χ4v) is 3.28. The summed E-state index contributed by atoms with van der Waals surface area (Å²) in [5.41, 5.74) is 2.38. The summed E-state index contributed by atoms with van der Waals surface area (Å²) in [7, 11) is 1.58. The Hall–Kier alpha value is -3.11. The zero-order valence-electron chi connectivity index (χ0n) is 15.6. The minimum Gasteiger partial charge on any atom is -0.383 e. The van der Waals surface area contributed by atoms with Crippen LogP contribution in [0.3, 0.4) is 0 Å². The molecule has 0 aliphatic heterocycles. The molecule has 4 rings (SSSR count). The molecule has 0 saturated carbocycles. The van der Waals surface area contributed by atoms with Gasteiger partial charge in [-0.2, -0.15) is 10.1 Å². The number of benzene rings is 1. The van der Waals surface area contributed by atoms with E-state index in [2.05, 4.69) is 46.6 Å². The molecule has 10 heteroatoms. The monoisotopic (exact) mass is 455 g/mol. The number of ether oxygens (including phenoxy) is 1. The van der Waals surface area contributed by atoms with Crippen molar-refractivity contribution < 1.29 is 9.53 Å². The molecule has 0 spiro atoms. The molecule has 0 unspecified atom stereocenters. The highest BCUT2D eigenvalue weighted by Gasteiger charge is 2.14. The van der Waals surface area contributed by atoms with Crippen LogP contribution in [-0.4, -0.2) is 57.4 Å². The average molecular weight is 456 g/mol. The summed E-state index contributed by atoms with van der Waals surface area (Å²) in [5, 5.41) is 12.0. The molecule has 148 valence electrons. The van der Waals surface area contributed by atoms with Crippen LogP contribution < -0.4 is 10.6 Å². The Morgan fingerprint density at radius 3 is 3.03 bits per heavy atom. The van der Waals surface area contributed by atoms with Gasteiger partial charge in [0, 0.05) is 31.4 Å². The lowest BCUT2D eigenvalue weighted by Crippen LogP contribution is -2.32. The standard InChI is InChI=1S/C19H18BrN7O2/c1-29-8-7-22-16(28)11-24-19-23-10-14-17(20)26-27(18(14)25-19)13-4-5-15-12(9-13)3-2-6-21-15/h2-6,9-10H,7-8,11H2,1H3,(H,22,28)(H,23,24,25). The van der Waals surface area contributed by atoms with Gasteiger partial charge in [0.25, 0.3) is 0 Å². The topological polar surface area (TPSA) is 107 Å². The van der Waals surface area contributed by atoms with Gasteiger partial charge in [-0.25, -0.2) is 9.67 Å². The molecule has 0 radical (unpaired) electrons. The molecule has 1 aromatic carbocycles. The predicted octanol–water partition coefficient (Wildman–Crippen LogP) is 2.30. The molecule has 0 atom stereocenters. The van der Waals surface area contributed by atoms with E-state index < -0.39 is 0 Å². The maximum atomic E-state index is 11.9. The Morgan fingerprint density at radius 2 is 2.17 bits per heavy atom. The number of methoxy groups -OCH3 is 1. The highest BCUT2D eigenvalue weighted by Crippen LogP contribution is 2.26. The van der Waals surface area contributed by atoms with Gasteiger partial charge in [-0.3, -0.25) is 9.78 Å². The van der Waals surface area contributed by atoms with Crippen molar-refractivity contribution in [2.24, 2.45) is 0 Å². The lowest BCUT2D eigenvalue weighted by Gasteiger charge is -2.07. The van der Waals surface area contributed by atoms with Crippen LogP contribution in [0.4, 0.5) is 5.95 Å². The van der Waals surface area contributed by atoms with Crippen LogP contribution in [0.25, 0.3) is 27.6 Å². The van der Waals surface area contributed by atoms with Crippen molar-refractivity contribution in [3.8, 4) is 5.69 Å². The van der Waals surface area contributed by atoms with Gasteiger partial charge < -0.3 is 15.4 Å². The number of aromatic nitrogens is 5. The number of nitrogens with zero attached hydrogens (tertiary/aromatic N) is 5. The molecule has 0 saturated heterocycles. The zero-order chi connectivity index (χ0) is 20.2. The predicted molar refractivity (Wildman–Crippen MR) is 113 cm³/mol. The van der Waals surface area contributed by atoms with E-state index in [0.717, 1.165) is 22.0 Å². The van der Waals surface area contributed by atoms with E-state index in [4.69, 9.17) is 4.74 Å². The van der Waals surface area contributed by atoms with Crippen LogP contribution in [0.5, 0.6) is 0 Å². The molecule has 0 bridgehead atoms. The molecular formula is C19H18BrN7O2. The maximum Gasteiger partial charge on any atom is 0.239 e. The number of rotatable bonds is 7. The summed E-state index contributed by atoms with van der Waals surface area (Å²) in [6.45, 7) is 0.975. The van der Waals surface area contributed by atoms with Crippen LogP contribution in [-0.2, 0) is 9.53 Å². The van der Waals surface area contributed by atoms with Crippen LogP contribution in [0.1, 0.15) is 0 Å². The van der Waals surface area contributed by atoms with E-state index in [9.17, 15) is 4.79 Å². The number of hydrogen-bond acceptors (Lipinski definition) is 7. The summed E-state index contributed by atoms with van der Waals surface area (Å²) in [5.74, 6) is 0.179. The second kappa shape index (κ2) is 8.50. The summed E-state index contributed by atoms with van der Waals surface area (Å²) in [4.78, 5) is 25.0. The van der Waals surface area contributed by atoms with Gasteiger partial charge >= 0.3 is 0 Å². The number of halogens is 1. The van der Waals surface area contributed by atoms with Crippen molar-refractivity contribution in [1.29, 1.82) is 0 Å². The lowest BCUT2D eigenvalue weighted by atomic mass is 10.2. The smallest absolute Gasteiger partial charge is 0.239 e. The Morgan fingerprint density at radius 1 is 1.28 bits per heavy atom. The molecule has 2 N–H and O–H groups in total. The fourth-order valence-electron chi connectivity index (χ4n) is 2.84. The van der Waals surface area contributed by atoms with Crippen molar-refractivity contribution in [3.05, 3.63) is 47.3 Å². The average Bonchev–Trinajstić information content (AvgIpc) is 3.08. The van der Waals surface area contributed by atoms with Gasteiger partial charge in [0.05, 0.1) is 29.7 Å². The summed E-state index contributed by atoms with van der Waals surface area (Å²) >= 11 is 3.47. The Kier molecular flexibility index (Phi) is 5.63. The number of amides is 1. The number of hydrogen-bond donors (Lipinski definition) is 2. The van der Waals surface area contributed by atoms with Crippen LogP contribution in [0.2, 0.25) is 0 Å². The first-order valence-electron chi connectivity index (χ1n) is 8.91. The first-order chi connectivity index (χ1) is 14.2. The third-order valence-electron chi connectivity index (χ3n) is 4.25. The van der Waals surface area contributed by atoms with Gasteiger partial charge in [0.15, 0.2) is 5.65 Å². The first-order valence-corrected chi connectivity index (χ1v) is 9.71. The van der Waals surface area contributed by atoms with E-state index in [1.807, 2.05) is 30.3 Å². The molecule has 3 heterocycles. The molecule has 0 aliphatic rings. The number of pyridine rings is 1. The second-order valence-corrected chi connectivity index (χ2v) is 6.96. The summed E-state index contributed by atoms with van der Waals surface area (Å²) in [6.07, 6.45) is 3.43. The third kappa shape index (κ3) is 4.17. The van der Waals surface area contributed by atoms with Crippen LogP contribution >= 0.6 is 15.9 Å². The van der Waals surface area contributed by atoms with Crippen LogP contribution in [0.15, 0.2) is 47.3 Å². The van der Waals surface area contributed by atoms with Gasteiger partial charge in [0.1, 0.15) is 4.60 Å². The molecule has 3 aromatic heterocycles. The molecular weight excluding hydrogens is 438 g/mol. The summed E-state index contributed by atoms with van der Waals surface area (Å²) in [6, 6.07) is 9.77. The Bertz CT molecular complexity index is 1180. The highest BCUT2D eigenvalue weighted by atomic mass is 79.9. The van der Waals surface area contributed by atoms with Crippen molar-refractivity contribution >= 4 is 49.7 Å². The van der Waals surface area contributed by atoms with E-state index in [-0.39, 0.29) is 12.5 Å². The maximum absolute atomic E-state index is 11.9. The summed E-state index contributed by atoms with van der Waals surface area (Å²) < 4.78 is 7.28. The molecule has 4 aromatic rings. The Labute approximate surface area is 174 Å². The van der Waals surface area contributed by atoms with E-state index in [0.29, 0.717) is 29.4 Å². The second-order valence-electron chi connectivity index (χ2n) is 6.21. The third-order valence-corrected chi connectivity index (χ3v) is 4.83. The van der Waals surface area contributed by atoms with Gasteiger partial charge in [-0.05, 0) is 40.2 Å². The van der Waals surface area contributed by atoms with Crippen molar-refractivity contribution in [2.75, 3.05) is 32.1 Å². The first kappa shape index (κ1) is 19.2. The molecule has 0 aliphatic carbocycles. The quantitative estimate of drug-likeness (QED) is 0.411. The van der Waals surface area contributed by atoms with Gasteiger partial charge in [0.2, 0.25) is 11.9 Å². The van der Waals surface area contributed by atoms with E-state index in [1.54, 1.807) is 24.2 Å². The van der Waals surface area contributed by atoms with Crippen molar-refractivity contribution in [2.45, 2.75) is 0 Å². The van der Waals surface area contributed by atoms with Gasteiger partial charge in [-0.15, -0.1) is 0 Å². The number of fused-ring (bicyclic) bond motifs is 2. The SMILES string of the molecule is COCCNC(=O)CNc1ncc2c(Br)nn(-c3ccc4ncccc4c3)c2n1. The molecule has 29 heavy (non-hydrogen) atoms. The normalized spacial score (nSPS) is 11.1. The largest absolute Gasteiger partial charge is 0.383 e. The van der Waals surface area contributed by atoms with Crippen molar-refractivity contribution in [1.82, 2.24) is 30.0 Å². The highest BCUT2D eigenvalue weighted by molar-refractivity contribution is 9.10. The minimum atomic E-state index is -0.164. The molecule has 9 nitrogen and oxygen atoms in total. The number of anilines is 1. The Balaban J connectivity index is 1.61. The van der Waals surface area contributed by atoms with Crippen molar-refractivity contribution in [3.63, 3.8) is 0 Å². The fraction of sp³-hybridized carbons (Fsp3) is 0.211. The molecule has 0 fully saturated rings. The number of carbonyl (C=O) groups is 1. The number of carbonyl (C=O) groups excluding carboxylic acids is 1. The molecule has 1 amide bonds. The lowest BCUT2D eigenvalue weighted by molar-refractivity contribution is -0.119.